The molecule has 0 amide bonds. The first-order valence-corrected chi connectivity index (χ1v) is 3.23. The molecule has 0 nitrogen and oxygen atoms in total. The summed E-state index contributed by atoms with van der Waals surface area (Å²) in [5.74, 6) is 0. The van der Waals surface area contributed by atoms with Crippen molar-refractivity contribution in [1.29, 1.82) is 0 Å². The summed E-state index contributed by atoms with van der Waals surface area (Å²) in [5, 5.41) is 0. The minimum atomic E-state index is 0.911. The maximum Gasteiger partial charge on any atom is 0.139 e. The third-order valence-electron chi connectivity index (χ3n) is 1.68. The fourth-order valence-corrected chi connectivity index (χ4v) is 1.13. The molecule has 0 unspecified atom stereocenters. The van der Waals surface area contributed by atoms with Crippen LogP contribution < -0.4 is 0 Å². The highest BCUT2D eigenvalue weighted by Crippen LogP contribution is 2.15. The molecule has 1 radical (unpaired) electrons. The first-order chi connectivity index (χ1) is 3.39. The lowest BCUT2D eigenvalue weighted by molar-refractivity contribution is 0.767. The molecule has 1 heterocycles. The van der Waals surface area contributed by atoms with Gasteiger partial charge in [-0.25, -0.2) is 0 Å². The third-order valence-corrected chi connectivity index (χ3v) is 1.68. The molecule has 0 aromatic heterocycles. The minimum absolute atomic E-state index is 0.911. The van der Waals surface area contributed by atoms with Crippen molar-refractivity contribution in [3.05, 3.63) is 6.32 Å². The van der Waals surface area contributed by atoms with Crippen LogP contribution in [0.15, 0.2) is 0 Å². The highest BCUT2D eigenvalue weighted by Gasteiger charge is 2.09. The monoisotopic (exact) mass is 95.1 g/mol. The van der Waals surface area contributed by atoms with E-state index in [-0.39, 0.29) is 0 Å². The molecular formula is C6H12B. The Morgan fingerprint density at radius 2 is 2.29 bits per heavy atom. The third kappa shape index (κ3) is 1.54. The van der Waals surface area contributed by atoms with E-state index in [1.807, 2.05) is 0 Å². The molecule has 1 aliphatic heterocycles. The van der Waals surface area contributed by atoms with Crippen LogP contribution in [0.1, 0.15) is 19.3 Å². The van der Waals surface area contributed by atoms with Gasteiger partial charge in [0.25, 0.3) is 0 Å². The fourth-order valence-electron chi connectivity index (χ4n) is 1.13. The average Bonchev–Trinajstić information content (AvgIpc) is 1.69. The first kappa shape index (κ1) is 5.21. The van der Waals surface area contributed by atoms with Gasteiger partial charge in [-0.05, 0) is 0 Å². The zero-order valence-corrected chi connectivity index (χ0v) is 4.98. The molecule has 1 heteroatoms. The van der Waals surface area contributed by atoms with Gasteiger partial charge < -0.3 is 0 Å². The molecule has 39 valence electrons. The van der Waals surface area contributed by atoms with Crippen molar-refractivity contribution in [3.63, 3.8) is 0 Å². The molecule has 0 N–H and O–H groups in total. The number of hydrogen-bond donors (Lipinski definition) is 0. The van der Waals surface area contributed by atoms with Crippen LogP contribution >= 0.6 is 0 Å². The molecule has 1 rings (SSSR count). The Hall–Kier alpha value is 0.0649. The van der Waals surface area contributed by atoms with E-state index in [2.05, 4.69) is 13.1 Å². The van der Waals surface area contributed by atoms with Gasteiger partial charge in [0.1, 0.15) is 6.71 Å². The molecule has 1 fully saturated rings. The van der Waals surface area contributed by atoms with Gasteiger partial charge in [0.15, 0.2) is 0 Å². The molecule has 1 saturated heterocycles. The summed E-state index contributed by atoms with van der Waals surface area (Å²) in [4.78, 5) is 0. The van der Waals surface area contributed by atoms with Crippen LogP contribution in [0.25, 0.3) is 0 Å². The maximum atomic E-state index is 2.43. The number of rotatable bonds is 0. The van der Waals surface area contributed by atoms with Crippen LogP contribution in [0, 0.1) is 6.32 Å². The predicted molar refractivity (Wildman–Crippen MR) is 34.6 cm³/mol. The van der Waals surface area contributed by atoms with E-state index in [9.17, 15) is 0 Å². The Labute approximate surface area is 46.4 Å². The van der Waals surface area contributed by atoms with E-state index < -0.39 is 0 Å². The molecule has 1 aliphatic rings. The zero-order valence-electron chi connectivity index (χ0n) is 4.98. The lowest BCUT2D eigenvalue weighted by Crippen LogP contribution is -2.11. The lowest BCUT2D eigenvalue weighted by atomic mass is 9.44. The van der Waals surface area contributed by atoms with E-state index in [1.54, 1.807) is 0 Å². The molecule has 0 atom stereocenters. The molecule has 0 bridgehead atoms. The Bertz CT molecular complexity index is 46.1. The van der Waals surface area contributed by atoms with Gasteiger partial charge in [0.2, 0.25) is 0 Å². The van der Waals surface area contributed by atoms with E-state index in [0.717, 1.165) is 6.71 Å². The van der Waals surface area contributed by atoms with Crippen LogP contribution in [0.3, 0.4) is 0 Å². The van der Waals surface area contributed by atoms with Crippen molar-refractivity contribution >= 4 is 6.71 Å². The van der Waals surface area contributed by atoms with E-state index in [4.69, 9.17) is 0 Å². The van der Waals surface area contributed by atoms with E-state index >= 15 is 0 Å². The van der Waals surface area contributed by atoms with Gasteiger partial charge in [0, 0.05) is 0 Å². The second-order valence-electron chi connectivity index (χ2n) is 2.50. The second-order valence-corrected chi connectivity index (χ2v) is 2.50. The van der Waals surface area contributed by atoms with Crippen LogP contribution in [0.5, 0.6) is 0 Å². The van der Waals surface area contributed by atoms with Crippen LogP contribution in [-0.2, 0) is 0 Å². The Morgan fingerprint density at radius 1 is 1.43 bits per heavy atom. The van der Waals surface area contributed by atoms with Crippen molar-refractivity contribution in [2.24, 2.45) is 0 Å². The van der Waals surface area contributed by atoms with Crippen LogP contribution in [0.2, 0.25) is 13.1 Å². The van der Waals surface area contributed by atoms with Gasteiger partial charge in [0.05, 0.1) is 0 Å². The van der Waals surface area contributed by atoms with E-state index in [0.29, 0.717) is 0 Å². The minimum Gasteiger partial charge on any atom is -0.0859 e. The smallest absolute Gasteiger partial charge is 0.0859 e. The van der Waals surface area contributed by atoms with Crippen LogP contribution in [-0.4, -0.2) is 6.71 Å². The maximum absolute atomic E-state index is 2.43. The molecule has 0 aromatic carbocycles. The molecule has 0 aromatic rings. The Kier molecular flexibility index (Phi) is 1.78. The average molecular weight is 95.0 g/mol. The summed E-state index contributed by atoms with van der Waals surface area (Å²) in [7, 11) is 0. The predicted octanol–water partition coefficient (Wildman–Crippen LogP) is 2.04. The van der Waals surface area contributed by atoms with Crippen molar-refractivity contribution in [2.75, 3.05) is 0 Å². The van der Waals surface area contributed by atoms with Crippen molar-refractivity contribution in [3.8, 4) is 0 Å². The second kappa shape index (κ2) is 2.39. The summed E-state index contributed by atoms with van der Waals surface area (Å²) < 4.78 is 0. The molecule has 0 aliphatic carbocycles. The Balaban J connectivity index is 2.12. The first-order valence-electron chi connectivity index (χ1n) is 3.23. The summed E-state index contributed by atoms with van der Waals surface area (Å²) in [5.41, 5.74) is 0. The highest BCUT2D eigenvalue weighted by molar-refractivity contribution is 6.61. The molecule has 7 heavy (non-hydrogen) atoms. The van der Waals surface area contributed by atoms with Gasteiger partial charge in [-0.15, -0.1) is 0 Å². The topological polar surface area (TPSA) is 0 Å². The molecular weight excluding hydrogens is 82.9 g/mol. The molecule has 0 saturated carbocycles. The van der Waals surface area contributed by atoms with Crippen LogP contribution in [0.4, 0.5) is 0 Å². The summed E-state index contributed by atoms with van der Waals surface area (Å²) in [6.07, 6.45) is 8.12. The normalized spacial score (nSPS) is 22.7. The lowest BCUT2D eigenvalue weighted by Gasteiger charge is -2.12. The summed E-state index contributed by atoms with van der Waals surface area (Å²) in [6.45, 7) is 3.22. The van der Waals surface area contributed by atoms with E-state index in [1.165, 1.54) is 25.6 Å². The fraction of sp³-hybridized carbons (Fsp3) is 0.833. The largest absolute Gasteiger partial charge is 0.139 e. The van der Waals surface area contributed by atoms with Gasteiger partial charge in [-0.1, -0.05) is 38.7 Å². The van der Waals surface area contributed by atoms with Gasteiger partial charge in [-0.2, -0.15) is 0 Å². The highest BCUT2D eigenvalue weighted by atomic mass is 13.9. The zero-order chi connectivity index (χ0) is 5.11. The SMILES string of the molecule is CB1[CH]CCCC1. The van der Waals surface area contributed by atoms with Gasteiger partial charge in [-0.3, -0.25) is 0 Å². The van der Waals surface area contributed by atoms with Crippen molar-refractivity contribution in [1.82, 2.24) is 0 Å². The van der Waals surface area contributed by atoms with Gasteiger partial charge >= 0.3 is 0 Å². The summed E-state index contributed by atoms with van der Waals surface area (Å²) >= 11 is 0. The van der Waals surface area contributed by atoms with Crippen molar-refractivity contribution in [2.45, 2.75) is 32.4 Å². The summed E-state index contributed by atoms with van der Waals surface area (Å²) in [6, 6.07) is 0. The standard InChI is InChI=1S/C6H12B/c1-7-5-3-2-4-6-7/h5H,2-4,6H2,1H3. The Morgan fingerprint density at radius 3 is 2.57 bits per heavy atom. The quantitative estimate of drug-likeness (QED) is 0.404. The van der Waals surface area contributed by atoms with Crippen molar-refractivity contribution < 1.29 is 0 Å². The number of hydrogen-bond acceptors (Lipinski definition) is 0. The molecule has 0 spiro atoms.